The van der Waals surface area contributed by atoms with Gasteiger partial charge in [0, 0.05) is 18.2 Å². The van der Waals surface area contributed by atoms with E-state index in [1.807, 2.05) is 17.9 Å². The molecule has 16 heavy (non-hydrogen) atoms. The number of carbonyl (C=O) groups excluding carboxylic acids is 1. The van der Waals surface area contributed by atoms with Crippen LogP contribution in [0.25, 0.3) is 0 Å². The molecule has 0 radical (unpaired) electrons. The second kappa shape index (κ2) is 3.98. The van der Waals surface area contributed by atoms with E-state index in [0.29, 0.717) is 17.1 Å². The summed E-state index contributed by atoms with van der Waals surface area (Å²) < 4.78 is 0. The van der Waals surface area contributed by atoms with Gasteiger partial charge in [-0.15, -0.1) is 0 Å². The highest BCUT2D eigenvalue weighted by Gasteiger charge is 2.29. The number of halogens is 1. The van der Waals surface area contributed by atoms with Gasteiger partial charge in [-0.2, -0.15) is 0 Å². The van der Waals surface area contributed by atoms with Crippen molar-refractivity contribution in [2.45, 2.75) is 32.7 Å². The van der Waals surface area contributed by atoms with Gasteiger partial charge in [0.25, 0.3) is 0 Å². The lowest BCUT2D eigenvalue weighted by atomic mass is 10.1. The third-order valence-corrected chi connectivity index (χ3v) is 3.39. The summed E-state index contributed by atoms with van der Waals surface area (Å²) in [5, 5.41) is 0.542. The Morgan fingerprint density at radius 3 is 2.75 bits per heavy atom. The topological polar surface area (TPSA) is 46.3 Å². The molecule has 1 saturated heterocycles. The highest BCUT2D eigenvalue weighted by atomic mass is 35.5. The first kappa shape index (κ1) is 11.3. The number of nitrogen functional groups attached to an aromatic ring is 1. The van der Waals surface area contributed by atoms with Crippen molar-refractivity contribution in [3.8, 4) is 0 Å². The van der Waals surface area contributed by atoms with E-state index < -0.39 is 0 Å². The molecule has 4 heteroatoms. The molecule has 1 aliphatic heterocycles. The van der Waals surface area contributed by atoms with Gasteiger partial charge < -0.3 is 10.6 Å². The highest BCUT2D eigenvalue weighted by molar-refractivity contribution is 6.33. The Morgan fingerprint density at radius 2 is 2.19 bits per heavy atom. The lowest BCUT2D eigenvalue weighted by Gasteiger charge is -2.24. The summed E-state index contributed by atoms with van der Waals surface area (Å²) in [5.41, 5.74) is 8.17. The van der Waals surface area contributed by atoms with Gasteiger partial charge in [0.15, 0.2) is 0 Å². The minimum atomic E-state index is 0.164. The Morgan fingerprint density at radius 1 is 1.50 bits per heavy atom. The van der Waals surface area contributed by atoms with E-state index in [1.54, 1.807) is 6.07 Å². The third kappa shape index (κ3) is 1.76. The SMILES string of the molecule is Cc1cc(Cl)c(N)cc1N1C(=O)CCC1C. The third-order valence-electron chi connectivity index (χ3n) is 3.06. The molecule has 1 amide bonds. The van der Waals surface area contributed by atoms with Crippen molar-refractivity contribution in [2.75, 3.05) is 10.6 Å². The minimum absolute atomic E-state index is 0.164. The summed E-state index contributed by atoms with van der Waals surface area (Å²) in [5.74, 6) is 0.164. The molecule has 0 aromatic heterocycles. The number of carbonyl (C=O) groups is 1. The van der Waals surface area contributed by atoms with E-state index in [-0.39, 0.29) is 11.9 Å². The van der Waals surface area contributed by atoms with Crippen LogP contribution >= 0.6 is 11.6 Å². The fourth-order valence-corrected chi connectivity index (χ4v) is 2.35. The van der Waals surface area contributed by atoms with E-state index in [0.717, 1.165) is 17.7 Å². The smallest absolute Gasteiger partial charge is 0.227 e. The van der Waals surface area contributed by atoms with E-state index in [4.69, 9.17) is 17.3 Å². The molecule has 0 bridgehead atoms. The zero-order valence-corrected chi connectivity index (χ0v) is 10.2. The molecule has 1 aromatic rings. The maximum absolute atomic E-state index is 11.8. The largest absolute Gasteiger partial charge is 0.397 e. The van der Waals surface area contributed by atoms with Gasteiger partial charge in [0.2, 0.25) is 5.91 Å². The molecular weight excluding hydrogens is 224 g/mol. The quantitative estimate of drug-likeness (QED) is 0.765. The fourth-order valence-electron chi connectivity index (χ4n) is 2.14. The molecule has 2 N–H and O–H groups in total. The lowest BCUT2D eigenvalue weighted by molar-refractivity contribution is -0.117. The minimum Gasteiger partial charge on any atom is -0.397 e. The molecule has 1 heterocycles. The maximum atomic E-state index is 11.8. The predicted octanol–water partition coefficient (Wildman–Crippen LogP) is 2.75. The number of anilines is 2. The summed E-state index contributed by atoms with van der Waals surface area (Å²) in [4.78, 5) is 13.6. The molecule has 1 aliphatic rings. The number of hydrogen-bond donors (Lipinski definition) is 1. The Bertz CT molecular complexity index is 445. The predicted molar refractivity (Wildman–Crippen MR) is 66.8 cm³/mol. The van der Waals surface area contributed by atoms with Crippen molar-refractivity contribution >= 4 is 28.9 Å². The first-order valence-corrected chi connectivity index (χ1v) is 5.76. The van der Waals surface area contributed by atoms with E-state index in [1.165, 1.54) is 0 Å². The summed E-state index contributed by atoms with van der Waals surface area (Å²) in [6.07, 6.45) is 1.52. The Hall–Kier alpha value is -1.22. The van der Waals surface area contributed by atoms with E-state index in [9.17, 15) is 4.79 Å². The van der Waals surface area contributed by atoms with Crippen LogP contribution in [0.5, 0.6) is 0 Å². The molecule has 1 unspecified atom stereocenters. The number of rotatable bonds is 1. The maximum Gasteiger partial charge on any atom is 0.227 e. The van der Waals surface area contributed by atoms with Crippen molar-refractivity contribution in [3.63, 3.8) is 0 Å². The fraction of sp³-hybridized carbons (Fsp3) is 0.417. The van der Waals surface area contributed by atoms with Gasteiger partial charge in [0.05, 0.1) is 10.7 Å². The van der Waals surface area contributed by atoms with Crippen LogP contribution in [0.1, 0.15) is 25.3 Å². The molecule has 3 nitrogen and oxygen atoms in total. The molecule has 86 valence electrons. The second-order valence-corrected chi connectivity index (χ2v) is 4.72. The summed E-state index contributed by atoms with van der Waals surface area (Å²) in [6, 6.07) is 3.84. The van der Waals surface area contributed by atoms with Gasteiger partial charge >= 0.3 is 0 Å². The van der Waals surface area contributed by atoms with Crippen LogP contribution in [0.2, 0.25) is 5.02 Å². The molecule has 1 aromatic carbocycles. The first-order valence-electron chi connectivity index (χ1n) is 5.38. The molecule has 0 aliphatic carbocycles. The van der Waals surface area contributed by atoms with Crippen molar-refractivity contribution in [1.29, 1.82) is 0 Å². The van der Waals surface area contributed by atoms with Gasteiger partial charge in [-0.3, -0.25) is 4.79 Å². The van der Waals surface area contributed by atoms with Crippen molar-refractivity contribution < 1.29 is 4.79 Å². The van der Waals surface area contributed by atoms with Crippen molar-refractivity contribution in [3.05, 3.63) is 22.7 Å². The van der Waals surface area contributed by atoms with Crippen LogP contribution in [0.15, 0.2) is 12.1 Å². The zero-order valence-electron chi connectivity index (χ0n) is 9.46. The van der Waals surface area contributed by atoms with Crippen LogP contribution in [0.4, 0.5) is 11.4 Å². The molecule has 2 rings (SSSR count). The zero-order chi connectivity index (χ0) is 11.9. The molecule has 0 saturated carbocycles. The summed E-state index contributed by atoms with van der Waals surface area (Å²) in [7, 11) is 0. The standard InChI is InChI=1S/C12H15ClN2O/c1-7-5-9(13)10(14)6-11(7)15-8(2)3-4-12(15)16/h5-6,8H,3-4,14H2,1-2H3. The number of amides is 1. The van der Waals surface area contributed by atoms with E-state index in [2.05, 4.69) is 6.92 Å². The average Bonchev–Trinajstić information content (AvgIpc) is 2.53. The summed E-state index contributed by atoms with van der Waals surface area (Å²) >= 11 is 5.94. The lowest BCUT2D eigenvalue weighted by Crippen LogP contribution is -2.31. The van der Waals surface area contributed by atoms with Crippen LogP contribution in [-0.4, -0.2) is 11.9 Å². The Labute approximate surface area is 100 Å². The van der Waals surface area contributed by atoms with Crippen molar-refractivity contribution in [2.24, 2.45) is 0 Å². The van der Waals surface area contributed by atoms with Crippen LogP contribution in [0.3, 0.4) is 0 Å². The molecular formula is C12H15ClN2O. The van der Waals surface area contributed by atoms with Gasteiger partial charge in [-0.05, 0) is 38.0 Å². The van der Waals surface area contributed by atoms with Crippen LogP contribution < -0.4 is 10.6 Å². The normalized spacial score (nSPS) is 20.6. The first-order chi connectivity index (χ1) is 7.50. The number of aryl methyl sites for hydroxylation is 1. The Kier molecular flexibility index (Phi) is 2.80. The second-order valence-electron chi connectivity index (χ2n) is 4.31. The van der Waals surface area contributed by atoms with Crippen LogP contribution in [0, 0.1) is 6.92 Å². The molecule has 0 spiro atoms. The van der Waals surface area contributed by atoms with Crippen LogP contribution in [-0.2, 0) is 4.79 Å². The number of benzene rings is 1. The van der Waals surface area contributed by atoms with Gasteiger partial charge in [-0.25, -0.2) is 0 Å². The van der Waals surface area contributed by atoms with Gasteiger partial charge in [-0.1, -0.05) is 11.6 Å². The average molecular weight is 239 g/mol. The monoisotopic (exact) mass is 238 g/mol. The van der Waals surface area contributed by atoms with E-state index >= 15 is 0 Å². The number of hydrogen-bond acceptors (Lipinski definition) is 2. The molecule has 1 fully saturated rings. The number of nitrogens with two attached hydrogens (primary N) is 1. The summed E-state index contributed by atoms with van der Waals surface area (Å²) in [6.45, 7) is 3.99. The number of nitrogens with zero attached hydrogens (tertiary/aromatic N) is 1. The molecule has 1 atom stereocenters. The van der Waals surface area contributed by atoms with Crippen molar-refractivity contribution in [1.82, 2.24) is 0 Å². The highest BCUT2D eigenvalue weighted by Crippen LogP contribution is 2.33. The van der Waals surface area contributed by atoms with Gasteiger partial charge in [0.1, 0.15) is 0 Å². The Balaban J connectivity index is 2.47.